The molecule has 1 unspecified atom stereocenters. The van der Waals surface area contributed by atoms with E-state index in [0.29, 0.717) is 12.0 Å². The van der Waals surface area contributed by atoms with Crippen molar-refractivity contribution in [3.8, 4) is 5.75 Å². The van der Waals surface area contributed by atoms with E-state index < -0.39 is 0 Å². The number of ether oxygens (including phenoxy) is 1. The van der Waals surface area contributed by atoms with Gasteiger partial charge < -0.3 is 10.1 Å². The van der Waals surface area contributed by atoms with Gasteiger partial charge in [0.05, 0.1) is 7.11 Å². The van der Waals surface area contributed by atoms with Gasteiger partial charge in [-0.2, -0.15) is 0 Å². The zero-order chi connectivity index (χ0) is 19.3. The van der Waals surface area contributed by atoms with E-state index in [4.69, 9.17) is 4.74 Å². The zero-order valence-corrected chi connectivity index (χ0v) is 16.2. The third-order valence-electron chi connectivity index (χ3n) is 5.78. The Bertz CT molecular complexity index is 922. The molecule has 0 bridgehead atoms. The summed E-state index contributed by atoms with van der Waals surface area (Å²) in [6, 6.07) is 24.2. The number of nitrogens with one attached hydrogen (secondary N) is 1. The van der Waals surface area contributed by atoms with Crippen molar-refractivity contribution in [3.63, 3.8) is 0 Å². The Labute approximate surface area is 166 Å². The SMILES string of the molecule is COc1ccccc1CNC1CCc2ccccc2[C@H]1Cc1ccc(F)cc1. The molecule has 1 N–H and O–H groups in total. The van der Waals surface area contributed by atoms with E-state index in [0.717, 1.165) is 31.6 Å². The second-order valence-electron chi connectivity index (χ2n) is 7.47. The Morgan fingerprint density at radius 3 is 2.54 bits per heavy atom. The molecule has 0 spiro atoms. The van der Waals surface area contributed by atoms with Crippen LogP contribution in [0, 0.1) is 5.82 Å². The third-order valence-corrected chi connectivity index (χ3v) is 5.78. The van der Waals surface area contributed by atoms with Gasteiger partial charge in [-0.1, -0.05) is 54.6 Å². The quantitative estimate of drug-likeness (QED) is 0.634. The molecule has 1 aliphatic carbocycles. The van der Waals surface area contributed by atoms with Gasteiger partial charge in [-0.05, 0) is 54.2 Å². The molecule has 0 saturated carbocycles. The highest BCUT2D eigenvalue weighted by Gasteiger charge is 2.29. The maximum Gasteiger partial charge on any atom is 0.123 e. The minimum Gasteiger partial charge on any atom is -0.496 e. The van der Waals surface area contributed by atoms with Crippen LogP contribution in [0.2, 0.25) is 0 Å². The van der Waals surface area contributed by atoms with Gasteiger partial charge in [0.1, 0.15) is 11.6 Å². The van der Waals surface area contributed by atoms with E-state index in [1.165, 1.54) is 22.3 Å². The fourth-order valence-electron chi connectivity index (χ4n) is 4.31. The molecule has 0 fully saturated rings. The minimum absolute atomic E-state index is 0.182. The van der Waals surface area contributed by atoms with Crippen LogP contribution in [0.25, 0.3) is 0 Å². The van der Waals surface area contributed by atoms with E-state index >= 15 is 0 Å². The number of fused-ring (bicyclic) bond motifs is 1. The molecule has 0 amide bonds. The predicted molar refractivity (Wildman–Crippen MR) is 111 cm³/mol. The van der Waals surface area contributed by atoms with Crippen molar-refractivity contribution in [2.75, 3.05) is 7.11 Å². The molecule has 3 aromatic rings. The van der Waals surface area contributed by atoms with Crippen LogP contribution in [-0.4, -0.2) is 13.2 Å². The Hall–Kier alpha value is -2.65. The summed E-state index contributed by atoms with van der Waals surface area (Å²) in [6.07, 6.45) is 3.08. The number of aryl methyl sites for hydroxylation is 1. The second-order valence-corrected chi connectivity index (χ2v) is 7.47. The first-order valence-electron chi connectivity index (χ1n) is 9.92. The highest BCUT2D eigenvalue weighted by Crippen LogP contribution is 2.35. The van der Waals surface area contributed by atoms with Crippen molar-refractivity contribution in [1.29, 1.82) is 0 Å². The van der Waals surface area contributed by atoms with Gasteiger partial charge in [-0.3, -0.25) is 0 Å². The molecule has 0 heterocycles. The Balaban J connectivity index is 1.57. The van der Waals surface area contributed by atoms with Crippen LogP contribution in [0.3, 0.4) is 0 Å². The van der Waals surface area contributed by atoms with E-state index in [1.807, 2.05) is 30.3 Å². The van der Waals surface area contributed by atoms with Gasteiger partial charge in [-0.25, -0.2) is 4.39 Å². The summed E-state index contributed by atoms with van der Waals surface area (Å²) in [5.41, 5.74) is 5.19. The van der Waals surface area contributed by atoms with Crippen molar-refractivity contribution in [2.45, 2.75) is 37.8 Å². The van der Waals surface area contributed by atoms with E-state index in [-0.39, 0.29) is 5.82 Å². The fraction of sp³-hybridized carbons (Fsp3) is 0.280. The fourth-order valence-corrected chi connectivity index (χ4v) is 4.31. The topological polar surface area (TPSA) is 21.3 Å². The summed E-state index contributed by atoms with van der Waals surface area (Å²) >= 11 is 0. The summed E-state index contributed by atoms with van der Waals surface area (Å²) in [4.78, 5) is 0. The lowest BCUT2D eigenvalue weighted by atomic mass is 9.76. The van der Waals surface area contributed by atoms with Gasteiger partial charge >= 0.3 is 0 Å². The molecule has 3 heteroatoms. The normalized spacial score (nSPS) is 18.5. The molecule has 0 aromatic heterocycles. The number of benzene rings is 3. The Kier molecular flexibility index (Phi) is 5.73. The summed E-state index contributed by atoms with van der Waals surface area (Å²) in [7, 11) is 1.72. The molecule has 2 atom stereocenters. The van der Waals surface area contributed by atoms with Gasteiger partial charge in [0, 0.05) is 24.1 Å². The first-order valence-corrected chi connectivity index (χ1v) is 9.92. The lowest BCUT2D eigenvalue weighted by Crippen LogP contribution is -2.39. The largest absolute Gasteiger partial charge is 0.496 e. The molecule has 144 valence electrons. The Morgan fingerprint density at radius 2 is 1.71 bits per heavy atom. The first kappa shape index (κ1) is 18.7. The van der Waals surface area contributed by atoms with Gasteiger partial charge in [0.15, 0.2) is 0 Å². The second kappa shape index (κ2) is 8.57. The maximum absolute atomic E-state index is 13.3. The van der Waals surface area contributed by atoms with Crippen molar-refractivity contribution in [2.24, 2.45) is 0 Å². The van der Waals surface area contributed by atoms with E-state index in [2.05, 4.69) is 35.6 Å². The number of hydrogen-bond acceptors (Lipinski definition) is 2. The number of methoxy groups -OCH3 is 1. The van der Waals surface area contributed by atoms with Gasteiger partial charge in [0.25, 0.3) is 0 Å². The average molecular weight is 375 g/mol. The number of halogens is 1. The van der Waals surface area contributed by atoms with Crippen molar-refractivity contribution in [1.82, 2.24) is 5.32 Å². The van der Waals surface area contributed by atoms with Gasteiger partial charge in [-0.15, -0.1) is 0 Å². The molecule has 2 nitrogen and oxygen atoms in total. The molecule has 1 aliphatic rings. The molecule has 0 aliphatic heterocycles. The molecular weight excluding hydrogens is 349 g/mol. The summed E-state index contributed by atoms with van der Waals surface area (Å²) in [5.74, 6) is 1.10. The monoisotopic (exact) mass is 375 g/mol. The van der Waals surface area contributed by atoms with E-state index in [9.17, 15) is 4.39 Å². The lowest BCUT2D eigenvalue weighted by molar-refractivity contribution is 0.373. The van der Waals surface area contributed by atoms with Crippen LogP contribution in [-0.2, 0) is 19.4 Å². The standard InChI is InChI=1S/C25H26FNO/c1-28-25-9-5-3-7-20(25)17-27-24-15-12-19-6-2-4-8-22(19)23(24)16-18-10-13-21(26)14-11-18/h2-11,13-14,23-24,27H,12,15-17H2,1H3/t23-,24?/m1/s1. The number of para-hydroxylation sites is 1. The average Bonchev–Trinajstić information content (AvgIpc) is 2.75. The molecule has 0 radical (unpaired) electrons. The van der Waals surface area contributed by atoms with Crippen LogP contribution < -0.4 is 10.1 Å². The van der Waals surface area contributed by atoms with Crippen LogP contribution in [0.4, 0.5) is 4.39 Å². The van der Waals surface area contributed by atoms with Crippen LogP contribution in [0.5, 0.6) is 5.75 Å². The molecule has 4 rings (SSSR count). The summed E-state index contributed by atoms with van der Waals surface area (Å²) in [5, 5.41) is 3.78. The van der Waals surface area contributed by atoms with Gasteiger partial charge in [0.2, 0.25) is 0 Å². The maximum atomic E-state index is 13.3. The molecule has 3 aromatic carbocycles. The summed E-state index contributed by atoms with van der Waals surface area (Å²) < 4.78 is 18.8. The van der Waals surface area contributed by atoms with Crippen LogP contribution in [0.1, 0.15) is 34.6 Å². The van der Waals surface area contributed by atoms with Crippen molar-refractivity contribution in [3.05, 3.63) is 101 Å². The Morgan fingerprint density at radius 1 is 0.964 bits per heavy atom. The highest BCUT2D eigenvalue weighted by atomic mass is 19.1. The van der Waals surface area contributed by atoms with Crippen molar-refractivity contribution < 1.29 is 9.13 Å². The smallest absolute Gasteiger partial charge is 0.123 e. The predicted octanol–water partition coefficient (Wildman–Crippen LogP) is 5.27. The number of rotatable bonds is 6. The van der Waals surface area contributed by atoms with Crippen LogP contribution >= 0.6 is 0 Å². The number of hydrogen-bond donors (Lipinski definition) is 1. The lowest BCUT2D eigenvalue weighted by Gasteiger charge is -2.35. The first-order chi connectivity index (χ1) is 13.7. The minimum atomic E-state index is -0.182. The molecule has 28 heavy (non-hydrogen) atoms. The van der Waals surface area contributed by atoms with Crippen LogP contribution in [0.15, 0.2) is 72.8 Å². The summed E-state index contributed by atoms with van der Waals surface area (Å²) in [6.45, 7) is 0.775. The van der Waals surface area contributed by atoms with Crippen molar-refractivity contribution >= 4 is 0 Å². The molecule has 0 saturated heterocycles. The van der Waals surface area contributed by atoms with E-state index in [1.54, 1.807) is 19.2 Å². The molecular formula is C25H26FNO. The highest BCUT2D eigenvalue weighted by molar-refractivity contribution is 5.37. The zero-order valence-electron chi connectivity index (χ0n) is 16.2. The third kappa shape index (κ3) is 4.10.